The van der Waals surface area contributed by atoms with Gasteiger partial charge in [-0.25, -0.2) is 4.79 Å². The van der Waals surface area contributed by atoms with Gasteiger partial charge >= 0.3 is 12.1 Å². The second-order valence-corrected chi connectivity index (χ2v) is 10.1. The fourth-order valence-corrected chi connectivity index (χ4v) is 4.64. The zero-order valence-electron chi connectivity index (χ0n) is 20.3. The second kappa shape index (κ2) is 9.43. The maximum Gasteiger partial charge on any atom is 0.410 e. The van der Waals surface area contributed by atoms with Crippen molar-refractivity contribution in [3.63, 3.8) is 0 Å². The number of piperidine rings is 1. The predicted octanol–water partition coefficient (Wildman–Crippen LogP) is 5.48. The summed E-state index contributed by atoms with van der Waals surface area (Å²) in [6.45, 7) is 10.0. The fourth-order valence-electron chi connectivity index (χ4n) is 4.64. The molecule has 0 aliphatic carbocycles. The molecule has 2 aromatic rings. The van der Waals surface area contributed by atoms with E-state index >= 15 is 0 Å². The number of amides is 1. The van der Waals surface area contributed by atoms with Crippen LogP contribution in [-0.4, -0.2) is 42.3 Å². The molecule has 6 nitrogen and oxygen atoms in total. The van der Waals surface area contributed by atoms with Crippen LogP contribution in [0.15, 0.2) is 36.4 Å². The van der Waals surface area contributed by atoms with Crippen molar-refractivity contribution in [3.05, 3.63) is 53.9 Å². The molecule has 1 amide bonds. The van der Waals surface area contributed by atoms with Gasteiger partial charge in [0, 0.05) is 19.0 Å². The predicted molar refractivity (Wildman–Crippen MR) is 127 cm³/mol. The molecular weight excluding hydrogens is 416 g/mol. The van der Waals surface area contributed by atoms with Crippen LogP contribution in [0, 0.1) is 29.1 Å². The molecule has 2 atom stereocenters. The third-order valence-corrected chi connectivity index (χ3v) is 6.27. The molecule has 3 rings (SSSR count). The van der Waals surface area contributed by atoms with Crippen LogP contribution >= 0.6 is 0 Å². The topological polar surface area (TPSA) is 79.6 Å². The van der Waals surface area contributed by atoms with E-state index in [9.17, 15) is 14.9 Å². The first-order chi connectivity index (χ1) is 15.5. The Balaban J connectivity index is 2.00. The normalized spacial score (nSPS) is 21.0. The van der Waals surface area contributed by atoms with Crippen molar-refractivity contribution >= 4 is 22.8 Å². The van der Waals surface area contributed by atoms with Gasteiger partial charge in [0.1, 0.15) is 5.60 Å². The lowest BCUT2D eigenvalue weighted by atomic mass is 9.69. The average molecular weight is 450 g/mol. The summed E-state index contributed by atoms with van der Waals surface area (Å²) >= 11 is 0. The highest BCUT2D eigenvalue weighted by Crippen LogP contribution is 2.44. The fraction of sp³-hybridized carbons (Fsp3) is 0.481. The Bertz CT molecular complexity index is 1080. The number of carbonyl (C=O) groups excluding carboxylic acids is 2. The van der Waals surface area contributed by atoms with Gasteiger partial charge in [-0.15, -0.1) is 0 Å². The van der Waals surface area contributed by atoms with E-state index in [2.05, 4.69) is 6.07 Å². The van der Waals surface area contributed by atoms with E-state index < -0.39 is 11.0 Å². The Kier molecular flexibility index (Phi) is 7.02. The van der Waals surface area contributed by atoms with Crippen LogP contribution < -0.4 is 0 Å². The summed E-state index contributed by atoms with van der Waals surface area (Å²) in [5, 5.41) is 11.3. The van der Waals surface area contributed by atoms with E-state index in [0.717, 1.165) is 16.3 Å². The van der Waals surface area contributed by atoms with Crippen molar-refractivity contribution in [2.75, 3.05) is 13.7 Å². The second-order valence-electron chi connectivity index (χ2n) is 10.1. The summed E-state index contributed by atoms with van der Waals surface area (Å²) in [5.41, 5.74) is -0.0137. The van der Waals surface area contributed by atoms with Crippen LogP contribution in [0.5, 0.6) is 0 Å². The van der Waals surface area contributed by atoms with Crippen LogP contribution in [0.2, 0.25) is 0 Å². The minimum atomic E-state index is -0.890. The number of nitriles is 1. The van der Waals surface area contributed by atoms with E-state index in [-0.39, 0.29) is 24.0 Å². The molecule has 0 aromatic heterocycles. The highest BCUT2D eigenvalue weighted by atomic mass is 16.6. The average Bonchev–Trinajstić information content (AvgIpc) is 2.77. The van der Waals surface area contributed by atoms with Crippen molar-refractivity contribution in [2.45, 2.75) is 59.1 Å². The SMILES string of the molecule is COC(=O)C1([CH]c2ccc(C#N)c3ccccc23)CCN(C(=O)OC(C)(C)C)C(C(C)C)C1. The van der Waals surface area contributed by atoms with E-state index in [1.165, 1.54) is 7.11 Å². The Morgan fingerprint density at radius 3 is 2.42 bits per heavy atom. The molecule has 1 saturated heterocycles. The molecule has 2 unspecified atom stereocenters. The third kappa shape index (κ3) is 5.13. The molecule has 6 heteroatoms. The summed E-state index contributed by atoms with van der Waals surface area (Å²) in [4.78, 5) is 27.9. The minimum Gasteiger partial charge on any atom is -0.469 e. The van der Waals surface area contributed by atoms with Crippen molar-refractivity contribution in [3.8, 4) is 6.07 Å². The van der Waals surface area contributed by atoms with E-state index in [1.54, 1.807) is 11.0 Å². The zero-order valence-corrected chi connectivity index (χ0v) is 20.3. The van der Waals surface area contributed by atoms with Gasteiger partial charge in [-0.05, 0) is 61.9 Å². The molecule has 1 fully saturated rings. The summed E-state index contributed by atoms with van der Waals surface area (Å²) in [5.74, 6) is -0.196. The van der Waals surface area contributed by atoms with Crippen molar-refractivity contribution < 1.29 is 19.1 Å². The molecule has 33 heavy (non-hydrogen) atoms. The molecule has 1 heterocycles. The largest absolute Gasteiger partial charge is 0.469 e. The summed E-state index contributed by atoms with van der Waals surface area (Å²) in [7, 11) is 1.40. The van der Waals surface area contributed by atoms with Crippen LogP contribution in [0.25, 0.3) is 10.8 Å². The Morgan fingerprint density at radius 2 is 1.85 bits per heavy atom. The number of nitrogens with zero attached hydrogens (tertiary/aromatic N) is 2. The first-order valence-electron chi connectivity index (χ1n) is 11.4. The molecule has 175 valence electrons. The third-order valence-electron chi connectivity index (χ3n) is 6.27. The zero-order chi connectivity index (χ0) is 24.4. The highest BCUT2D eigenvalue weighted by Gasteiger charge is 2.49. The van der Waals surface area contributed by atoms with Crippen molar-refractivity contribution in [2.24, 2.45) is 11.3 Å². The summed E-state index contributed by atoms with van der Waals surface area (Å²) < 4.78 is 10.9. The molecule has 0 spiro atoms. The van der Waals surface area contributed by atoms with Gasteiger partial charge in [-0.1, -0.05) is 44.2 Å². The number of fused-ring (bicyclic) bond motifs is 1. The van der Waals surface area contributed by atoms with Gasteiger partial charge in [-0.2, -0.15) is 5.26 Å². The number of esters is 1. The molecule has 1 radical (unpaired) electrons. The number of rotatable bonds is 4. The van der Waals surface area contributed by atoms with Gasteiger partial charge in [0.05, 0.1) is 24.2 Å². The first-order valence-corrected chi connectivity index (χ1v) is 11.4. The van der Waals surface area contributed by atoms with Gasteiger partial charge in [0.25, 0.3) is 0 Å². The Labute approximate surface area is 196 Å². The minimum absolute atomic E-state index is 0.118. The van der Waals surface area contributed by atoms with Crippen molar-refractivity contribution in [1.82, 2.24) is 4.90 Å². The smallest absolute Gasteiger partial charge is 0.410 e. The number of hydrogen-bond acceptors (Lipinski definition) is 5. The number of ether oxygens (including phenoxy) is 2. The Morgan fingerprint density at radius 1 is 1.18 bits per heavy atom. The van der Waals surface area contributed by atoms with Gasteiger partial charge in [-0.3, -0.25) is 4.79 Å². The highest BCUT2D eigenvalue weighted by molar-refractivity contribution is 5.92. The number of benzene rings is 2. The number of likely N-dealkylation sites (tertiary alicyclic amines) is 1. The molecule has 0 N–H and O–H groups in total. The van der Waals surface area contributed by atoms with Crippen LogP contribution in [0.4, 0.5) is 4.79 Å². The van der Waals surface area contributed by atoms with E-state index in [4.69, 9.17) is 9.47 Å². The van der Waals surface area contributed by atoms with Gasteiger partial charge in [0.2, 0.25) is 0 Å². The quantitative estimate of drug-likeness (QED) is 0.578. The number of hydrogen-bond donors (Lipinski definition) is 0. The number of methoxy groups -OCH3 is 1. The monoisotopic (exact) mass is 449 g/mol. The molecule has 0 bridgehead atoms. The van der Waals surface area contributed by atoms with E-state index in [1.807, 2.05) is 71.4 Å². The summed E-state index contributed by atoms with van der Waals surface area (Å²) in [6, 6.07) is 13.4. The van der Waals surface area contributed by atoms with Crippen molar-refractivity contribution in [1.29, 1.82) is 5.26 Å². The lowest BCUT2D eigenvalue weighted by Gasteiger charge is -2.46. The number of carbonyl (C=O) groups is 2. The maximum absolute atomic E-state index is 13.2. The molecule has 1 aliphatic heterocycles. The molecular formula is C27H33N2O4. The maximum atomic E-state index is 13.2. The standard InChI is InChI=1S/C27H33N2O4/c1-18(2)23-16-27(24(30)32-6,13-14-29(23)25(31)33-26(3,4)5)15-19-11-12-20(17-28)22-10-8-7-9-21(19)22/h7-12,15,18,23H,13-14,16H2,1-6H3. The van der Waals surface area contributed by atoms with Crippen LogP contribution in [0.3, 0.4) is 0 Å². The van der Waals surface area contributed by atoms with Gasteiger partial charge in [0.15, 0.2) is 0 Å². The first kappa shape index (κ1) is 24.6. The van der Waals surface area contributed by atoms with Crippen LogP contribution in [0.1, 0.15) is 58.6 Å². The molecule has 0 saturated carbocycles. The van der Waals surface area contributed by atoms with Crippen LogP contribution in [-0.2, 0) is 14.3 Å². The summed E-state index contributed by atoms with van der Waals surface area (Å²) in [6.07, 6.45) is 2.48. The molecule has 1 aliphatic rings. The molecule has 2 aromatic carbocycles. The lowest BCUT2D eigenvalue weighted by molar-refractivity contribution is -0.155. The van der Waals surface area contributed by atoms with E-state index in [0.29, 0.717) is 24.9 Å². The Hall–Kier alpha value is -3.07. The lowest BCUT2D eigenvalue weighted by Crippen LogP contribution is -2.55. The van der Waals surface area contributed by atoms with Gasteiger partial charge < -0.3 is 14.4 Å².